The van der Waals surface area contributed by atoms with Gasteiger partial charge in [-0.3, -0.25) is 4.79 Å². The van der Waals surface area contributed by atoms with E-state index in [1.807, 2.05) is 7.05 Å². The SMILES string of the molecule is Cn1c(CCCC(=O)O)nc2ccc(F)cc21. The number of rotatable bonds is 4. The van der Waals surface area contributed by atoms with Crippen LogP contribution in [0, 0.1) is 5.82 Å². The number of nitrogens with zero attached hydrogens (tertiary/aromatic N) is 2. The topological polar surface area (TPSA) is 55.1 Å². The van der Waals surface area contributed by atoms with Crippen LogP contribution in [0.2, 0.25) is 0 Å². The van der Waals surface area contributed by atoms with E-state index in [9.17, 15) is 9.18 Å². The van der Waals surface area contributed by atoms with E-state index in [0.29, 0.717) is 12.8 Å². The van der Waals surface area contributed by atoms with E-state index in [1.165, 1.54) is 12.1 Å². The molecule has 5 heteroatoms. The zero-order chi connectivity index (χ0) is 12.4. The number of benzene rings is 1. The lowest BCUT2D eigenvalue weighted by molar-refractivity contribution is -0.137. The van der Waals surface area contributed by atoms with Crippen LogP contribution in [0.15, 0.2) is 18.2 Å². The lowest BCUT2D eigenvalue weighted by atomic mass is 10.2. The molecule has 0 spiro atoms. The van der Waals surface area contributed by atoms with E-state index in [2.05, 4.69) is 4.98 Å². The molecule has 4 nitrogen and oxygen atoms in total. The van der Waals surface area contributed by atoms with Gasteiger partial charge in [-0.05, 0) is 24.6 Å². The molecule has 0 saturated heterocycles. The number of carbonyl (C=O) groups is 1. The first kappa shape index (κ1) is 11.6. The number of hydrogen-bond acceptors (Lipinski definition) is 2. The van der Waals surface area contributed by atoms with Gasteiger partial charge in [0.25, 0.3) is 0 Å². The van der Waals surface area contributed by atoms with Crippen molar-refractivity contribution in [3.63, 3.8) is 0 Å². The molecule has 0 unspecified atom stereocenters. The maximum absolute atomic E-state index is 13.1. The molecule has 1 aromatic carbocycles. The molecule has 1 aromatic heterocycles. The molecular weight excluding hydrogens is 223 g/mol. The van der Waals surface area contributed by atoms with Gasteiger partial charge in [0, 0.05) is 19.9 Å². The summed E-state index contributed by atoms with van der Waals surface area (Å²) in [5.74, 6) is -0.320. The normalized spacial score (nSPS) is 10.9. The number of aryl methyl sites for hydroxylation is 2. The Morgan fingerprint density at radius 2 is 2.29 bits per heavy atom. The number of imidazole rings is 1. The fourth-order valence-corrected chi connectivity index (χ4v) is 1.83. The first-order valence-corrected chi connectivity index (χ1v) is 5.40. The van der Waals surface area contributed by atoms with Crippen LogP contribution in [0.25, 0.3) is 11.0 Å². The van der Waals surface area contributed by atoms with Crippen molar-refractivity contribution in [1.82, 2.24) is 9.55 Å². The molecule has 0 aliphatic heterocycles. The molecule has 1 heterocycles. The molecular formula is C12H13FN2O2. The molecule has 17 heavy (non-hydrogen) atoms. The second kappa shape index (κ2) is 4.53. The average Bonchev–Trinajstić information content (AvgIpc) is 2.56. The third-order valence-electron chi connectivity index (χ3n) is 2.73. The number of aromatic nitrogens is 2. The van der Waals surface area contributed by atoms with Crippen molar-refractivity contribution in [1.29, 1.82) is 0 Å². The smallest absolute Gasteiger partial charge is 0.303 e. The van der Waals surface area contributed by atoms with Crippen LogP contribution < -0.4 is 0 Å². The molecule has 0 aliphatic rings. The van der Waals surface area contributed by atoms with Gasteiger partial charge in [0.05, 0.1) is 11.0 Å². The highest BCUT2D eigenvalue weighted by Crippen LogP contribution is 2.17. The Kier molecular flexibility index (Phi) is 3.08. The lowest BCUT2D eigenvalue weighted by Crippen LogP contribution is -2.01. The second-order valence-corrected chi connectivity index (χ2v) is 3.97. The lowest BCUT2D eigenvalue weighted by Gasteiger charge is -2.00. The van der Waals surface area contributed by atoms with Crippen molar-refractivity contribution in [3.8, 4) is 0 Å². The maximum atomic E-state index is 13.1. The van der Waals surface area contributed by atoms with Gasteiger partial charge in [-0.25, -0.2) is 9.37 Å². The highest BCUT2D eigenvalue weighted by atomic mass is 19.1. The van der Waals surface area contributed by atoms with E-state index < -0.39 is 5.97 Å². The molecule has 2 aromatic rings. The summed E-state index contributed by atoms with van der Waals surface area (Å²) in [6.45, 7) is 0. The van der Waals surface area contributed by atoms with E-state index in [1.54, 1.807) is 10.6 Å². The largest absolute Gasteiger partial charge is 0.481 e. The zero-order valence-corrected chi connectivity index (χ0v) is 9.48. The van der Waals surface area contributed by atoms with Crippen molar-refractivity contribution in [2.45, 2.75) is 19.3 Å². The van der Waals surface area contributed by atoms with Gasteiger partial charge in [0.2, 0.25) is 0 Å². The van der Waals surface area contributed by atoms with Gasteiger partial charge in [-0.2, -0.15) is 0 Å². The Morgan fingerprint density at radius 1 is 1.53 bits per heavy atom. The predicted molar refractivity (Wildman–Crippen MR) is 61.2 cm³/mol. The maximum Gasteiger partial charge on any atom is 0.303 e. The van der Waals surface area contributed by atoms with Crippen LogP contribution >= 0.6 is 0 Å². The Labute approximate surface area is 97.7 Å². The Hall–Kier alpha value is -1.91. The van der Waals surface area contributed by atoms with Crippen LogP contribution in [-0.4, -0.2) is 20.6 Å². The number of carboxylic acids is 1. The second-order valence-electron chi connectivity index (χ2n) is 3.97. The summed E-state index contributed by atoms with van der Waals surface area (Å²) in [7, 11) is 1.81. The molecule has 0 radical (unpaired) electrons. The Balaban J connectivity index is 2.23. The predicted octanol–water partition coefficient (Wildman–Crippen LogP) is 2.12. The summed E-state index contributed by atoms with van der Waals surface area (Å²) in [5, 5.41) is 8.56. The van der Waals surface area contributed by atoms with Crippen LogP contribution in [0.4, 0.5) is 4.39 Å². The van der Waals surface area contributed by atoms with Crippen molar-refractivity contribution in [3.05, 3.63) is 29.8 Å². The summed E-state index contributed by atoms with van der Waals surface area (Å²) >= 11 is 0. The summed E-state index contributed by atoms with van der Waals surface area (Å²) in [5.41, 5.74) is 1.47. The minimum Gasteiger partial charge on any atom is -0.481 e. The number of halogens is 1. The minimum absolute atomic E-state index is 0.123. The van der Waals surface area contributed by atoms with Crippen molar-refractivity contribution >= 4 is 17.0 Å². The summed E-state index contributed by atoms with van der Waals surface area (Å²) in [4.78, 5) is 14.8. The first-order valence-electron chi connectivity index (χ1n) is 5.40. The monoisotopic (exact) mass is 236 g/mol. The standard InChI is InChI=1S/C12H13FN2O2/c1-15-10-7-8(13)5-6-9(10)14-11(15)3-2-4-12(16)17/h5-7H,2-4H2,1H3,(H,16,17). The number of hydrogen-bond donors (Lipinski definition) is 1. The summed E-state index contributed by atoms with van der Waals surface area (Å²) < 4.78 is 14.9. The van der Waals surface area contributed by atoms with E-state index in [-0.39, 0.29) is 12.2 Å². The van der Waals surface area contributed by atoms with Gasteiger partial charge < -0.3 is 9.67 Å². The number of fused-ring (bicyclic) bond motifs is 1. The first-order chi connectivity index (χ1) is 8.08. The molecule has 0 atom stereocenters. The number of aliphatic carboxylic acids is 1. The molecule has 0 saturated carbocycles. The Bertz CT molecular complexity index is 563. The molecule has 0 aliphatic carbocycles. The van der Waals surface area contributed by atoms with Crippen LogP contribution in [0.1, 0.15) is 18.7 Å². The van der Waals surface area contributed by atoms with Crippen LogP contribution in [0.3, 0.4) is 0 Å². The molecule has 2 rings (SSSR count). The van der Waals surface area contributed by atoms with Crippen LogP contribution in [-0.2, 0) is 18.3 Å². The molecule has 0 amide bonds. The van der Waals surface area contributed by atoms with Gasteiger partial charge in [-0.15, -0.1) is 0 Å². The average molecular weight is 236 g/mol. The van der Waals surface area contributed by atoms with Gasteiger partial charge >= 0.3 is 5.97 Å². The highest BCUT2D eigenvalue weighted by molar-refractivity contribution is 5.76. The quantitative estimate of drug-likeness (QED) is 0.884. The Morgan fingerprint density at radius 3 is 3.00 bits per heavy atom. The van der Waals surface area contributed by atoms with Crippen LogP contribution in [0.5, 0.6) is 0 Å². The third-order valence-corrected chi connectivity index (χ3v) is 2.73. The van der Waals surface area contributed by atoms with E-state index in [4.69, 9.17) is 5.11 Å². The third kappa shape index (κ3) is 2.43. The van der Waals surface area contributed by atoms with Gasteiger partial charge in [-0.1, -0.05) is 0 Å². The summed E-state index contributed by atoms with van der Waals surface area (Å²) in [6.07, 6.45) is 1.24. The highest BCUT2D eigenvalue weighted by Gasteiger charge is 2.08. The fourth-order valence-electron chi connectivity index (χ4n) is 1.83. The molecule has 90 valence electrons. The van der Waals surface area contributed by atoms with Crippen molar-refractivity contribution in [2.24, 2.45) is 7.05 Å². The minimum atomic E-state index is -0.810. The van der Waals surface area contributed by atoms with E-state index in [0.717, 1.165) is 16.9 Å². The zero-order valence-electron chi connectivity index (χ0n) is 9.48. The van der Waals surface area contributed by atoms with Gasteiger partial charge in [0.15, 0.2) is 0 Å². The van der Waals surface area contributed by atoms with E-state index >= 15 is 0 Å². The molecule has 0 bridgehead atoms. The summed E-state index contributed by atoms with van der Waals surface area (Å²) in [6, 6.07) is 4.44. The number of carboxylic acid groups (broad SMARTS) is 1. The van der Waals surface area contributed by atoms with Crippen molar-refractivity contribution in [2.75, 3.05) is 0 Å². The molecule has 1 N–H and O–H groups in total. The molecule has 0 fully saturated rings. The van der Waals surface area contributed by atoms with Crippen molar-refractivity contribution < 1.29 is 14.3 Å². The van der Waals surface area contributed by atoms with Gasteiger partial charge in [0.1, 0.15) is 11.6 Å². The fraction of sp³-hybridized carbons (Fsp3) is 0.333.